The molecule has 0 spiro atoms. The molecule has 3 heterocycles. The molecule has 0 atom stereocenters. The average molecular weight is 473 g/mol. The number of carbonyl (C=O) groups is 1. The van der Waals surface area contributed by atoms with Crippen LogP contribution in [0.5, 0.6) is 0 Å². The summed E-state index contributed by atoms with van der Waals surface area (Å²) in [5.41, 5.74) is 6.56. The van der Waals surface area contributed by atoms with Crippen LogP contribution in [0.1, 0.15) is 62.3 Å². The number of carbonyl (C=O) groups excluding carboxylic acids is 1. The molecule has 5 aromatic rings. The summed E-state index contributed by atoms with van der Waals surface area (Å²) in [5.74, 6) is 1.12. The molecule has 178 valence electrons. The molecule has 7 rings (SSSR count). The van der Waals surface area contributed by atoms with Gasteiger partial charge in [0.05, 0.1) is 22.8 Å². The highest BCUT2D eigenvalue weighted by Gasteiger charge is 2.50. The van der Waals surface area contributed by atoms with Gasteiger partial charge in [-0.1, -0.05) is 43.3 Å². The Hall–Kier alpha value is -3.86. The Bertz CT molecular complexity index is 1620. The van der Waals surface area contributed by atoms with Crippen LogP contribution in [0.2, 0.25) is 0 Å². The van der Waals surface area contributed by atoms with E-state index in [9.17, 15) is 4.79 Å². The van der Waals surface area contributed by atoms with Gasteiger partial charge in [0.2, 0.25) is 5.78 Å². The van der Waals surface area contributed by atoms with Crippen molar-refractivity contribution in [3.05, 3.63) is 96.2 Å². The van der Waals surface area contributed by atoms with E-state index in [0.29, 0.717) is 12.2 Å². The molecule has 2 aliphatic rings. The van der Waals surface area contributed by atoms with E-state index in [2.05, 4.69) is 81.0 Å². The number of Topliss-reactive ketones (excluding diaryl/α,β-unsaturated/α-hetero) is 1. The van der Waals surface area contributed by atoms with Gasteiger partial charge < -0.3 is 0 Å². The molecular formula is C31H28N4O. The third-order valence-corrected chi connectivity index (χ3v) is 8.29. The van der Waals surface area contributed by atoms with Crippen LogP contribution in [-0.4, -0.2) is 25.1 Å². The lowest BCUT2D eigenvalue weighted by atomic mass is 9.88. The standard InChI is InChI=1S/C31H28N4O/c1-2-4-28(36)31(14-15-31)24-8-6-21(7-9-24)23-18-33-29-34-19-27(35(29)20-23)30(12-13-30)25-10-11-26-22(17-25)5-3-16-32-26/h3,5-11,16-20H,2,4,12-15H2,1H3. The van der Waals surface area contributed by atoms with Gasteiger partial charge in [-0.3, -0.25) is 14.2 Å². The normalized spacial score (nSPS) is 17.4. The van der Waals surface area contributed by atoms with E-state index < -0.39 is 0 Å². The molecule has 0 N–H and O–H groups in total. The van der Waals surface area contributed by atoms with Crippen molar-refractivity contribution in [2.75, 3.05) is 0 Å². The second kappa shape index (κ2) is 7.82. The Morgan fingerprint density at radius 2 is 1.67 bits per heavy atom. The number of benzene rings is 2. The number of hydrogen-bond donors (Lipinski definition) is 0. The van der Waals surface area contributed by atoms with E-state index in [1.165, 1.54) is 16.6 Å². The molecule has 5 nitrogen and oxygen atoms in total. The molecule has 5 heteroatoms. The molecule has 0 amide bonds. The van der Waals surface area contributed by atoms with Gasteiger partial charge in [0.15, 0.2) is 0 Å². The zero-order valence-corrected chi connectivity index (χ0v) is 20.4. The lowest BCUT2D eigenvalue weighted by Crippen LogP contribution is -2.19. The van der Waals surface area contributed by atoms with Gasteiger partial charge >= 0.3 is 0 Å². The number of hydrogen-bond acceptors (Lipinski definition) is 4. The SMILES string of the molecule is CCCC(=O)C1(c2ccc(-c3cnc4ncc(C5(c6ccc7ncccc7c6)CC5)n4c3)cc2)CC1. The number of rotatable bonds is 7. The summed E-state index contributed by atoms with van der Waals surface area (Å²) in [4.78, 5) is 26.5. The molecular weight excluding hydrogens is 444 g/mol. The Balaban J connectivity index is 1.24. The molecule has 2 fully saturated rings. The minimum absolute atomic E-state index is 0.0361. The Morgan fingerprint density at radius 3 is 2.42 bits per heavy atom. The number of pyridine rings is 1. The van der Waals surface area contributed by atoms with Crippen molar-refractivity contribution in [1.82, 2.24) is 19.4 Å². The lowest BCUT2D eigenvalue weighted by Gasteiger charge is -2.17. The first kappa shape index (κ1) is 21.4. The summed E-state index contributed by atoms with van der Waals surface area (Å²) < 4.78 is 2.16. The van der Waals surface area contributed by atoms with Gasteiger partial charge in [0.25, 0.3) is 0 Å². The Labute approximate surface area is 210 Å². The molecule has 0 bridgehead atoms. The summed E-state index contributed by atoms with van der Waals surface area (Å²) in [6, 6.07) is 19.3. The minimum atomic E-state index is -0.234. The fourth-order valence-electron chi connectivity index (χ4n) is 5.87. The van der Waals surface area contributed by atoms with Crippen LogP contribution in [0, 0.1) is 0 Å². The Morgan fingerprint density at radius 1 is 0.889 bits per heavy atom. The summed E-state index contributed by atoms with van der Waals surface area (Å²) in [6.07, 6.45) is 13.6. The maximum absolute atomic E-state index is 12.7. The van der Waals surface area contributed by atoms with E-state index in [1.807, 2.05) is 24.7 Å². The first-order valence-corrected chi connectivity index (χ1v) is 13.0. The first-order chi connectivity index (χ1) is 17.6. The second-order valence-electron chi connectivity index (χ2n) is 10.5. The topological polar surface area (TPSA) is 60.2 Å². The van der Waals surface area contributed by atoms with Crippen molar-refractivity contribution in [1.29, 1.82) is 0 Å². The van der Waals surface area contributed by atoms with E-state index >= 15 is 0 Å². The van der Waals surface area contributed by atoms with E-state index in [-0.39, 0.29) is 10.8 Å². The number of ketones is 1. The minimum Gasteiger partial charge on any atom is -0.299 e. The van der Waals surface area contributed by atoms with Gasteiger partial charge in [-0.2, -0.15) is 0 Å². The third-order valence-electron chi connectivity index (χ3n) is 8.29. The summed E-state index contributed by atoms with van der Waals surface area (Å²) in [5, 5.41) is 1.17. The zero-order valence-electron chi connectivity index (χ0n) is 20.4. The van der Waals surface area contributed by atoms with E-state index in [1.54, 1.807) is 0 Å². The molecule has 36 heavy (non-hydrogen) atoms. The van der Waals surface area contributed by atoms with Crippen molar-refractivity contribution in [2.24, 2.45) is 0 Å². The quantitative estimate of drug-likeness (QED) is 0.274. The molecule has 2 saturated carbocycles. The maximum Gasteiger partial charge on any atom is 0.233 e. The van der Waals surface area contributed by atoms with Gasteiger partial charge in [-0.25, -0.2) is 9.97 Å². The van der Waals surface area contributed by atoms with Crippen molar-refractivity contribution >= 4 is 22.5 Å². The van der Waals surface area contributed by atoms with Crippen LogP contribution in [0.3, 0.4) is 0 Å². The zero-order chi connectivity index (χ0) is 24.3. The van der Waals surface area contributed by atoms with Gasteiger partial charge in [-0.15, -0.1) is 0 Å². The number of aromatic nitrogens is 4. The molecule has 2 aromatic carbocycles. The molecule has 0 saturated heterocycles. The highest BCUT2D eigenvalue weighted by Crippen LogP contribution is 2.54. The second-order valence-corrected chi connectivity index (χ2v) is 10.5. The third kappa shape index (κ3) is 3.22. The van der Waals surface area contributed by atoms with Crippen LogP contribution >= 0.6 is 0 Å². The van der Waals surface area contributed by atoms with Crippen LogP contribution in [0.25, 0.3) is 27.8 Å². The Kier molecular flexibility index (Phi) is 4.65. The highest BCUT2D eigenvalue weighted by atomic mass is 16.1. The average Bonchev–Trinajstić information content (AvgIpc) is 3.85. The van der Waals surface area contributed by atoms with Gasteiger partial charge in [0, 0.05) is 41.4 Å². The highest BCUT2D eigenvalue weighted by molar-refractivity contribution is 5.93. The van der Waals surface area contributed by atoms with Crippen LogP contribution < -0.4 is 0 Å². The van der Waals surface area contributed by atoms with Crippen molar-refractivity contribution in [2.45, 2.75) is 56.3 Å². The number of nitrogens with zero attached hydrogens (tertiary/aromatic N) is 4. The lowest BCUT2D eigenvalue weighted by molar-refractivity contribution is -0.121. The molecule has 2 aliphatic carbocycles. The fourth-order valence-corrected chi connectivity index (χ4v) is 5.87. The summed E-state index contributed by atoms with van der Waals surface area (Å²) in [7, 11) is 0. The largest absolute Gasteiger partial charge is 0.299 e. The number of fused-ring (bicyclic) bond motifs is 2. The monoisotopic (exact) mass is 472 g/mol. The predicted molar refractivity (Wildman–Crippen MR) is 141 cm³/mol. The maximum atomic E-state index is 12.7. The smallest absolute Gasteiger partial charge is 0.233 e. The van der Waals surface area contributed by atoms with Crippen molar-refractivity contribution in [3.8, 4) is 11.1 Å². The van der Waals surface area contributed by atoms with Crippen LogP contribution in [0.15, 0.2) is 79.4 Å². The van der Waals surface area contributed by atoms with Crippen molar-refractivity contribution in [3.63, 3.8) is 0 Å². The number of imidazole rings is 1. The molecule has 0 unspecified atom stereocenters. The van der Waals surface area contributed by atoms with Gasteiger partial charge in [0.1, 0.15) is 5.78 Å². The van der Waals surface area contributed by atoms with Crippen LogP contribution in [-0.2, 0) is 15.6 Å². The van der Waals surface area contributed by atoms with Crippen LogP contribution in [0.4, 0.5) is 0 Å². The predicted octanol–water partition coefficient (Wildman–Crippen LogP) is 6.43. The van der Waals surface area contributed by atoms with E-state index in [4.69, 9.17) is 0 Å². The summed E-state index contributed by atoms with van der Waals surface area (Å²) in [6.45, 7) is 2.08. The fraction of sp³-hybridized carbons (Fsp3) is 0.290. The molecule has 3 aromatic heterocycles. The molecule has 0 radical (unpaired) electrons. The van der Waals surface area contributed by atoms with Crippen molar-refractivity contribution < 1.29 is 4.79 Å². The first-order valence-electron chi connectivity index (χ1n) is 13.0. The molecule has 0 aliphatic heterocycles. The van der Waals surface area contributed by atoms with Gasteiger partial charge in [-0.05, 0) is 67.0 Å². The summed E-state index contributed by atoms with van der Waals surface area (Å²) >= 11 is 0. The van der Waals surface area contributed by atoms with E-state index in [0.717, 1.165) is 60.1 Å².